The van der Waals surface area contributed by atoms with Gasteiger partial charge in [0.25, 0.3) is 0 Å². The van der Waals surface area contributed by atoms with E-state index in [9.17, 15) is 4.79 Å². The average Bonchev–Trinajstić information content (AvgIpc) is 3.08. The van der Waals surface area contributed by atoms with Crippen LogP contribution in [0.25, 0.3) is 10.2 Å². The topological polar surface area (TPSA) is 63.2 Å². The lowest BCUT2D eigenvalue weighted by Gasteiger charge is -2.22. The quantitative estimate of drug-likeness (QED) is 0.904. The molecule has 1 saturated carbocycles. The molecule has 4 rings (SSSR count). The molecule has 1 aliphatic carbocycles. The smallest absolute Gasteiger partial charge is 0.229 e. The van der Waals surface area contributed by atoms with E-state index in [4.69, 9.17) is 4.74 Å². The monoisotopic (exact) mass is 331 g/mol. The van der Waals surface area contributed by atoms with Gasteiger partial charge in [0.05, 0.1) is 16.8 Å². The summed E-state index contributed by atoms with van der Waals surface area (Å²) in [5.41, 5.74) is 1.16. The molecular formula is C17H21N3O2S. The van der Waals surface area contributed by atoms with Crippen LogP contribution >= 0.6 is 11.3 Å². The van der Waals surface area contributed by atoms with Crippen molar-refractivity contribution in [1.29, 1.82) is 0 Å². The summed E-state index contributed by atoms with van der Waals surface area (Å²) < 4.78 is 6.55. The van der Waals surface area contributed by atoms with Crippen LogP contribution in [0, 0.1) is 11.3 Å². The van der Waals surface area contributed by atoms with Crippen LogP contribution in [0.1, 0.15) is 26.2 Å². The second kappa shape index (κ2) is 5.76. The zero-order valence-electron chi connectivity index (χ0n) is 13.2. The van der Waals surface area contributed by atoms with Crippen LogP contribution in [-0.2, 0) is 4.79 Å². The number of aromatic nitrogens is 1. The number of hydrogen-bond acceptors (Lipinski definition) is 5. The Kier molecular flexibility index (Phi) is 3.73. The second-order valence-electron chi connectivity index (χ2n) is 6.44. The molecule has 1 aromatic heterocycles. The Morgan fingerprint density at radius 2 is 2.30 bits per heavy atom. The Bertz CT molecular complexity index is 737. The van der Waals surface area contributed by atoms with E-state index in [1.165, 1.54) is 11.3 Å². The molecule has 1 atom stereocenters. The molecule has 2 aromatic rings. The number of fused-ring (bicyclic) bond motifs is 1. The summed E-state index contributed by atoms with van der Waals surface area (Å²) in [5, 5.41) is 7.08. The zero-order valence-corrected chi connectivity index (χ0v) is 14.0. The Morgan fingerprint density at radius 3 is 3.09 bits per heavy atom. The van der Waals surface area contributed by atoms with Gasteiger partial charge in [-0.3, -0.25) is 4.79 Å². The van der Waals surface area contributed by atoms with Gasteiger partial charge in [-0.25, -0.2) is 4.98 Å². The summed E-state index contributed by atoms with van der Waals surface area (Å²) in [6.45, 7) is 4.68. The van der Waals surface area contributed by atoms with Crippen LogP contribution in [0.5, 0.6) is 5.75 Å². The van der Waals surface area contributed by atoms with Crippen molar-refractivity contribution >= 4 is 32.6 Å². The summed E-state index contributed by atoms with van der Waals surface area (Å²) in [6, 6.07) is 5.84. The third-order valence-electron chi connectivity index (χ3n) is 5.01. The molecular weight excluding hydrogens is 310 g/mol. The highest BCUT2D eigenvalue weighted by molar-refractivity contribution is 7.22. The first-order valence-corrected chi connectivity index (χ1v) is 9.07. The molecule has 6 heteroatoms. The summed E-state index contributed by atoms with van der Waals surface area (Å²) >= 11 is 1.51. The molecule has 0 bridgehead atoms. The van der Waals surface area contributed by atoms with Crippen molar-refractivity contribution in [3.63, 3.8) is 0 Å². The fraction of sp³-hybridized carbons (Fsp3) is 0.529. The highest BCUT2D eigenvalue weighted by Crippen LogP contribution is 2.58. The first kappa shape index (κ1) is 14.9. The molecule has 2 fully saturated rings. The van der Waals surface area contributed by atoms with Crippen molar-refractivity contribution < 1.29 is 9.53 Å². The van der Waals surface area contributed by atoms with Crippen molar-refractivity contribution in [2.24, 2.45) is 11.3 Å². The molecule has 1 aromatic carbocycles. The molecule has 1 unspecified atom stereocenters. The number of thiazole rings is 1. The predicted molar refractivity (Wildman–Crippen MR) is 92.1 cm³/mol. The molecule has 122 valence electrons. The Hall–Kier alpha value is -1.66. The number of nitrogens with zero attached hydrogens (tertiary/aromatic N) is 1. The van der Waals surface area contributed by atoms with Crippen molar-refractivity contribution in [3.8, 4) is 5.75 Å². The Balaban J connectivity index is 1.46. The molecule has 1 amide bonds. The lowest BCUT2D eigenvalue weighted by Crippen LogP contribution is -2.31. The van der Waals surface area contributed by atoms with Gasteiger partial charge in [0.2, 0.25) is 5.91 Å². The van der Waals surface area contributed by atoms with Gasteiger partial charge >= 0.3 is 0 Å². The summed E-state index contributed by atoms with van der Waals surface area (Å²) in [4.78, 5) is 17.0. The van der Waals surface area contributed by atoms with Gasteiger partial charge in [-0.1, -0.05) is 11.3 Å². The van der Waals surface area contributed by atoms with E-state index in [0.29, 0.717) is 11.7 Å². The highest BCUT2D eigenvalue weighted by Gasteiger charge is 2.57. The largest absolute Gasteiger partial charge is 0.494 e. The normalized spacial score (nSPS) is 22.2. The number of ether oxygens (including phenoxy) is 1. The van der Waals surface area contributed by atoms with Crippen LogP contribution in [-0.4, -0.2) is 30.6 Å². The first-order chi connectivity index (χ1) is 11.2. The predicted octanol–water partition coefficient (Wildman–Crippen LogP) is 3.02. The Morgan fingerprint density at radius 1 is 1.48 bits per heavy atom. The van der Waals surface area contributed by atoms with E-state index in [1.807, 2.05) is 25.1 Å². The average molecular weight is 331 g/mol. The SMILES string of the molecule is CCOc1ccc2nc(NC(=O)C3CC34CCNCC4)sc2c1. The van der Waals surface area contributed by atoms with Gasteiger partial charge in [0.15, 0.2) is 5.13 Å². The maximum absolute atomic E-state index is 12.5. The molecule has 0 radical (unpaired) electrons. The van der Waals surface area contributed by atoms with E-state index in [1.54, 1.807) is 0 Å². The van der Waals surface area contributed by atoms with Crippen LogP contribution < -0.4 is 15.4 Å². The fourth-order valence-corrected chi connectivity index (χ4v) is 4.50. The van der Waals surface area contributed by atoms with Gasteiger partial charge in [0.1, 0.15) is 5.75 Å². The van der Waals surface area contributed by atoms with Crippen molar-refractivity contribution in [1.82, 2.24) is 10.3 Å². The molecule has 5 nitrogen and oxygen atoms in total. The van der Waals surface area contributed by atoms with Crippen LogP contribution in [0.4, 0.5) is 5.13 Å². The fourth-order valence-electron chi connectivity index (χ4n) is 3.60. The summed E-state index contributed by atoms with van der Waals surface area (Å²) in [6.07, 6.45) is 3.26. The third-order valence-corrected chi connectivity index (χ3v) is 5.94. The number of carbonyl (C=O) groups excluding carboxylic acids is 1. The second-order valence-corrected chi connectivity index (χ2v) is 7.47. The number of rotatable bonds is 4. The van der Waals surface area contributed by atoms with Crippen LogP contribution in [0.15, 0.2) is 18.2 Å². The van der Waals surface area contributed by atoms with E-state index in [0.717, 1.165) is 48.3 Å². The van der Waals surface area contributed by atoms with Crippen molar-refractivity contribution in [2.75, 3.05) is 25.0 Å². The van der Waals surface area contributed by atoms with E-state index < -0.39 is 0 Å². The molecule has 23 heavy (non-hydrogen) atoms. The molecule has 1 spiro atoms. The van der Waals surface area contributed by atoms with Crippen LogP contribution in [0.3, 0.4) is 0 Å². The van der Waals surface area contributed by atoms with Gasteiger partial charge < -0.3 is 15.4 Å². The summed E-state index contributed by atoms with van der Waals surface area (Å²) in [7, 11) is 0. The minimum Gasteiger partial charge on any atom is -0.494 e. The number of nitrogens with one attached hydrogen (secondary N) is 2. The minimum atomic E-state index is 0.135. The van der Waals surface area contributed by atoms with Gasteiger partial charge in [-0.05, 0) is 62.9 Å². The van der Waals surface area contributed by atoms with Crippen molar-refractivity contribution in [3.05, 3.63) is 18.2 Å². The van der Waals surface area contributed by atoms with Gasteiger partial charge in [-0.15, -0.1) is 0 Å². The first-order valence-electron chi connectivity index (χ1n) is 8.25. The number of benzene rings is 1. The highest BCUT2D eigenvalue weighted by atomic mass is 32.1. The number of carbonyl (C=O) groups is 1. The van der Waals surface area contributed by atoms with E-state index in [-0.39, 0.29) is 17.2 Å². The van der Waals surface area contributed by atoms with Crippen molar-refractivity contribution in [2.45, 2.75) is 26.2 Å². The molecule has 2 heterocycles. The molecule has 2 N–H and O–H groups in total. The minimum absolute atomic E-state index is 0.135. The lowest BCUT2D eigenvalue weighted by atomic mass is 9.92. The number of piperidine rings is 1. The number of hydrogen-bond donors (Lipinski definition) is 2. The standard InChI is InChI=1S/C17H21N3O2S/c1-2-22-11-3-4-13-14(9-11)23-16(19-13)20-15(21)12-10-17(12)5-7-18-8-6-17/h3-4,9,12,18H,2,5-8,10H2,1H3,(H,19,20,21). The number of amides is 1. The molecule has 1 saturated heterocycles. The zero-order chi connectivity index (χ0) is 15.9. The molecule has 1 aliphatic heterocycles. The van der Waals surface area contributed by atoms with E-state index >= 15 is 0 Å². The number of anilines is 1. The maximum Gasteiger partial charge on any atom is 0.229 e. The molecule has 2 aliphatic rings. The maximum atomic E-state index is 12.5. The van der Waals surface area contributed by atoms with Gasteiger partial charge in [-0.2, -0.15) is 0 Å². The third kappa shape index (κ3) is 2.81. The van der Waals surface area contributed by atoms with Gasteiger partial charge in [0, 0.05) is 5.92 Å². The summed E-state index contributed by atoms with van der Waals surface area (Å²) in [5.74, 6) is 1.14. The lowest BCUT2D eigenvalue weighted by molar-refractivity contribution is -0.118. The van der Waals surface area contributed by atoms with Crippen LogP contribution in [0.2, 0.25) is 0 Å². The Labute approximate surface area is 139 Å². The van der Waals surface area contributed by atoms with E-state index in [2.05, 4.69) is 15.6 Å².